The van der Waals surface area contributed by atoms with Crippen LogP contribution in [0.5, 0.6) is 17.2 Å². The van der Waals surface area contributed by atoms with Gasteiger partial charge in [0.05, 0.1) is 24.9 Å². The van der Waals surface area contributed by atoms with Crippen molar-refractivity contribution < 1.29 is 19.0 Å². The lowest BCUT2D eigenvalue weighted by atomic mass is 10.1. The molecule has 142 valence electrons. The summed E-state index contributed by atoms with van der Waals surface area (Å²) in [6, 6.07) is 5.67. The molecule has 0 saturated carbocycles. The molecule has 2 rings (SSSR count). The van der Waals surface area contributed by atoms with Gasteiger partial charge in [-0.1, -0.05) is 0 Å². The van der Waals surface area contributed by atoms with Crippen LogP contribution >= 0.6 is 22.6 Å². The Morgan fingerprint density at radius 3 is 2.31 bits per heavy atom. The molecule has 7 heteroatoms. The van der Waals surface area contributed by atoms with Crippen LogP contribution in [0.3, 0.4) is 0 Å². The number of hydrogen-bond acceptors (Lipinski definition) is 4. The Morgan fingerprint density at radius 2 is 1.77 bits per heavy atom. The van der Waals surface area contributed by atoms with E-state index in [4.69, 9.17) is 14.2 Å². The molecular formula is C19H25IN2O4. The molecule has 1 heterocycles. The number of aromatic nitrogens is 1. The van der Waals surface area contributed by atoms with E-state index in [0.717, 1.165) is 9.13 Å². The number of halogens is 1. The SMILES string of the molecule is CCN(CC)C(=O)c1cccn1Cc1cc(OC)c(OC)c(OC)c1I. The molecule has 1 amide bonds. The van der Waals surface area contributed by atoms with Gasteiger partial charge in [-0.05, 0) is 60.2 Å². The van der Waals surface area contributed by atoms with E-state index in [2.05, 4.69) is 22.6 Å². The van der Waals surface area contributed by atoms with Crippen molar-refractivity contribution in [2.75, 3.05) is 34.4 Å². The highest BCUT2D eigenvalue weighted by Crippen LogP contribution is 2.42. The number of carbonyl (C=O) groups excluding carboxylic acids is 1. The van der Waals surface area contributed by atoms with Crippen molar-refractivity contribution in [1.82, 2.24) is 9.47 Å². The smallest absolute Gasteiger partial charge is 0.270 e. The number of rotatable bonds is 8. The minimum atomic E-state index is 0.0300. The van der Waals surface area contributed by atoms with E-state index in [0.29, 0.717) is 42.6 Å². The Labute approximate surface area is 168 Å². The third-order valence-corrected chi connectivity index (χ3v) is 5.47. The molecule has 0 radical (unpaired) electrons. The molecule has 6 nitrogen and oxygen atoms in total. The molecule has 0 saturated heterocycles. The lowest BCUT2D eigenvalue weighted by Crippen LogP contribution is -2.32. The third kappa shape index (κ3) is 3.92. The van der Waals surface area contributed by atoms with E-state index < -0.39 is 0 Å². The molecule has 0 N–H and O–H groups in total. The summed E-state index contributed by atoms with van der Waals surface area (Å²) >= 11 is 2.24. The fraction of sp³-hybridized carbons (Fsp3) is 0.421. The Kier molecular flexibility index (Phi) is 7.19. The van der Waals surface area contributed by atoms with Crippen molar-refractivity contribution in [1.29, 1.82) is 0 Å². The Balaban J connectivity index is 2.44. The zero-order valence-electron chi connectivity index (χ0n) is 15.8. The highest BCUT2D eigenvalue weighted by molar-refractivity contribution is 14.1. The highest BCUT2D eigenvalue weighted by atomic mass is 127. The molecule has 0 aliphatic rings. The first-order chi connectivity index (χ1) is 12.5. The van der Waals surface area contributed by atoms with Crippen LogP contribution in [0, 0.1) is 3.57 Å². The summed E-state index contributed by atoms with van der Waals surface area (Å²) in [6.45, 7) is 5.86. The van der Waals surface area contributed by atoms with Crippen LogP contribution in [-0.2, 0) is 6.54 Å². The second-order valence-corrected chi connectivity index (χ2v) is 6.70. The highest BCUT2D eigenvalue weighted by Gasteiger charge is 2.21. The fourth-order valence-electron chi connectivity index (χ4n) is 2.89. The maximum absolute atomic E-state index is 12.7. The minimum absolute atomic E-state index is 0.0300. The standard InChI is InChI=1S/C19H25IN2O4/c1-6-21(7-2)19(23)14-9-8-10-22(14)12-13-11-15(24-3)17(25-4)18(26-5)16(13)20/h8-11H,6-7,12H2,1-5H3. The monoisotopic (exact) mass is 472 g/mol. The number of amides is 1. The van der Waals surface area contributed by atoms with E-state index in [1.54, 1.807) is 21.3 Å². The van der Waals surface area contributed by atoms with Crippen LogP contribution in [0.1, 0.15) is 29.9 Å². The van der Waals surface area contributed by atoms with Gasteiger partial charge >= 0.3 is 0 Å². The summed E-state index contributed by atoms with van der Waals surface area (Å²) in [5.74, 6) is 1.83. The molecule has 2 aromatic rings. The number of hydrogen-bond donors (Lipinski definition) is 0. The summed E-state index contributed by atoms with van der Waals surface area (Å²) < 4.78 is 19.3. The quantitative estimate of drug-likeness (QED) is 0.551. The second-order valence-electron chi connectivity index (χ2n) is 5.62. The van der Waals surface area contributed by atoms with E-state index in [-0.39, 0.29) is 5.91 Å². The van der Waals surface area contributed by atoms with Gasteiger partial charge in [0, 0.05) is 25.8 Å². The molecule has 0 fully saturated rings. The summed E-state index contributed by atoms with van der Waals surface area (Å²) in [5.41, 5.74) is 1.66. The van der Waals surface area contributed by atoms with Gasteiger partial charge in [0.15, 0.2) is 11.5 Å². The predicted molar refractivity (Wildman–Crippen MR) is 110 cm³/mol. The number of nitrogens with zero attached hydrogens (tertiary/aromatic N) is 2. The molecule has 0 unspecified atom stereocenters. The average molecular weight is 472 g/mol. The van der Waals surface area contributed by atoms with Crippen LogP contribution in [0.2, 0.25) is 0 Å². The van der Waals surface area contributed by atoms with Crippen molar-refractivity contribution in [3.05, 3.63) is 39.2 Å². The normalized spacial score (nSPS) is 10.5. The zero-order chi connectivity index (χ0) is 19.3. The predicted octanol–water partition coefficient (Wildman–Crippen LogP) is 3.65. The van der Waals surface area contributed by atoms with Crippen LogP contribution in [0.4, 0.5) is 0 Å². The van der Waals surface area contributed by atoms with Gasteiger partial charge in [-0.3, -0.25) is 4.79 Å². The maximum Gasteiger partial charge on any atom is 0.270 e. The van der Waals surface area contributed by atoms with E-state index in [1.807, 2.05) is 47.7 Å². The molecule has 0 aliphatic carbocycles. The minimum Gasteiger partial charge on any atom is -0.493 e. The fourth-order valence-corrected chi connectivity index (χ4v) is 3.68. The van der Waals surface area contributed by atoms with Crippen LogP contribution in [0.25, 0.3) is 0 Å². The van der Waals surface area contributed by atoms with Crippen molar-refractivity contribution in [2.24, 2.45) is 0 Å². The first-order valence-corrected chi connectivity index (χ1v) is 9.51. The van der Waals surface area contributed by atoms with Gasteiger partial charge in [-0.2, -0.15) is 0 Å². The van der Waals surface area contributed by atoms with Crippen molar-refractivity contribution >= 4 is 28.5 Å². The van der Waals surface area contributed by atoms with Gasteiger partial charge in [-0.25, -0.2) is 0 Å². The molecule has 26 heavy (non-hydrogen) atoms. The van der Waals surface area contributed by atoms with Gasteiger partial charge < -0.3 is 23.7 Å². The van der Waals surface area contributed by atoms with E-state index >= 15 is 0 Å². The first-order valence-electron chi connectivity index (χ1n) is 8.43. The zero-order valence-corrected chi connectivity index (χ0v) is 18.0. The molecule has 1 aromatic carbocycles. The number of carbonyl (C=O) groups is 1. The van der Waals surface area contributed by atoms with Crippen molar-refractivity contribution in [3.8, 4) is 17.2 Å². The van der Waals surface area contributed by atoms with E-state index in [9.17, 15) is 4.79 Å². The molecule has 0 atom stereocenters. The van der Waals surface area contributed by atoms with Gasteiger partial charge in [-0.15, -0.1) is 0 Å². The largest absolute Gasteiger partial charge is 0.493 e. The van der Waals surface area contributed by atoms with E-state index in [1.165, 1.54) is 0 Å². The summed E-state index contributed by atoms with van der Waals surface area (Å²) in [7, 11) is 4.79. The summed E-state index contributed by atoms with van der Waals surface area (Å²) in [6.07, 6.45) is 1.91. The summed E-state index contributed by atoms with van der Waals surface area (Å²) in [4.78, 5) is 14.6. The first kappa shape index (κ1) is 20.4. The lowest BCUT2D eigenvalue weighted by molar-refractivity contribution is 0.0762. The number of methoxy groups -OCH3 is 3. The molecule has 0 spiro atoms. The number of ether oxygens (including phenoxy) is 3. The van der Waals surface area contributed by atoms with Crippen LogP contribution < -0.4 is 14.2 Å². The van der Waals surface area contributed by atoms with Gasteiger partial charge in [0.1, 0.15) is 5.69 Å². The van der Waals surface area contributed by atoms with Gasteiger partial charge in [0.2, 0.25) is 5.75 Å². The molecule has 0 bridgehead atoms. The average Bonchev–Trinajstić information content (AvgIpc) is 3.11. The Morgan fingerprint density at radius 1 is 1.12 bits per heavy atom. The van der Waals surface area contributed by atoms with Crippen molar-refractivity contribution in [2.45, 2.75) is 20.4 Å². The molecule has 0 aliphatic heterocycles. The summed E-state index contributed by atoms with van der Waals surface area (Å²) in [5, 5.41) is 0. The topological polar surface area (TPSA) is 52.9 Å². The molecular weight excluding hydrogens is 447 g/mol. The second kappa shape index (κ2) is 9.16. The van der Waals surface area contributed by atoms with Crippen molar-refractivity contribution in [3.63, 3.8) is 0 Å². The van der Waals surface area contributed by atoms with Crippen LogP contribution in [-0.4, -0.2) is 49.8 Å². The Bertz CT molecular complexity index is 769. The number of benzene rings is 1. The van der Waals surface area contributed by atoms with Gasteiger partial charge in [0.25, 0.3) is 5.91 Å². The lowest BCUT2D eigenvalue weighted by Gasteiger charge is -2.21. The Hall–Kier alpha value is -1.90. The van der Waals surface area contributed by atoms with Crippen LogP contribution in [0.15, 0.2) is 24.4 Å². The molecule has 1 aromatic heterocycles. The third-order valence-electron chi connectivity index (χ3n) is 4.28. The maximum atomic E-state index is 12.7.